The summed E-state index contributed by atoms with van der Waals surface area (Å²) in [4.78, 5) is 13.4. The second-order valence-corrected chi connectivity index (χ2v) is 4.96. The first-order valence-corrected chi connectivity index (χ1v) is 6.15. The highest BCUT2D eigenvalue weighted by atomic mass is 16.1. The summed E-state index contributed by atoms with van der Waals surface area (Å²) in [7, 11) is 2.11. The largest absolute Gasteiger partial charge is 0.352 e. The van der Waals surface area contributed by atoms with Crippen LogP contribution in [0.4, 0.5) is 0 Å². The molecule has 1 aliphatic heterocycles. The first kappa shape index (κ1) is 12.1. The number of nitrogens with one attached hydrogen (secondary N) is 1. The lowest BCUT2D eigenvalue weighted by atomic mass is 9.88. The predicted molar refractivity (Wildman–Crippen MR) is 68.9 cm³/mol. The van der Waals surface area contributed by atoms with E-state index < -0.39 is 0 Å². The maximum Gasteiger partial charge on any atom is 0.217 e. The lowest BCUT2D eigenvalue weighted by Gasteiger charge is -2.36. The van der Waals surface area contributed by atoms with Crippen molar-refractivity contribution in [2.75, 3.05) is 20.1 Å². The molecule has 0 radical (unpaired) electrons. The van der Waals surface area contributed by atoms with Gasteiger partial charge in [-0.3, -0.25) is 4.79 Å². The maximum atomic E-state index is 11.1. The average molecular weight is 232 g/mol. The minimum atomic E-state index is 0.0668. The summed E-state index contributed by atoms with van der Waals surface area (Å²) in [6, 6.07) is 10.8. The number of amides is 1. The molecule has 0 spiro atoms. The van der Waals surface area contributed by atoms with Crippen molar-refractivity contribution >= 4 is 5.91 Å². The van der Waals surface area contributed by atoms with Gasteiger partial charge in [0.2, 0.25) is 5.91 Å². The maximum absolute atomic E-state index is 11.1. The van der Waals surface area contributed by atoms with Crippen LogP contribution in [-0.2, 0) is 4.79 Å². The number of likely N-dealkylation sites (tertiary alicyclic amines) is 1. The van der Waals surface area contributed by atoms with Crippen LogP contribution in [0.25, 0.3) is 0 Å². The molecule has 1 aromatic carbocycles. The van der Waals surface area contributed by atoms with Crippen LogP contribution < -0.4 is 5.32 Å². The topological polar surface area (TPSA) is 32.3 Å². The highest BCUT2D eigenvalue weighted by molar-refractivity contribution is 5.73. The van der Waals surface area contributed by atoms with Crippen molar-refractivity contribution in [2.24, 2.45) is 0 Å². The van der Waals surface area contributed by atoms with Gasteiger partial charge in [0, 0.05) is 26.1 Å². The zero-order valence-electron chi connectivity index (χ0n) is 10.5. The predicted octanol–water partition coefficient (Wildman–Crippen LogP) is 1.61. The van der Waals surface area contributed by atoms with E-state index in [9.17, 15) is 4.79 Å². The molecule has 1 N–H and O–H groups in total. The zero-order chi connectivity index (χ0) is 12.3. The lowest BCUT2D eigenvalue weighted by molar-refractivity contribution is -0.120. The van der Waals surface area contributed by atoms with Crippen LogP contribution in [-0.4, -0.2) is 37.0 Å². The van der Waals surface area contributed by atoms with Crippen LogP contribution in [0.2, 0.25) is 0 Å². The molecule has 1 saturated heterocycles. The fraction of sp³-hybridized carbons (Fsp3) is 0.500. The fourth-order valence-corrected chi connectivity index (χ4v) is 2.68. The van der Waals surface area contributed by atoms with Crippen molar-refractivity contribution in [3.8, 4) is 0 Å². The molecule has 0 bridgehead atoms. The second-order valence-electron chi connectivity index (χ2n) is 4.96. The van der Waals surface area contributed by atoms with Gasteiger partial charge < -0.3 is 10.2 Å². The molecule has 17 heavy (non-hydrogen) atoms. The van der Waals surface area contributed by atoms with E-state index in [1.165, 1.54) is 5.56 Å². The Bertz CT molecular complexity index is 377. The molecule has 92 valence electrons. The SMILES string of the molecule is CC(=O)NC1CC(c2ccccc2)CN(C)C1. The first-order valence-electron chi connectivity index (χ1n) is 6.15. The van der Waals surface area contributed by atoms with Gasteiger partial charge in [-0.15, -0.1) is 0 Å². The zero-order valence-corrected chi connectivity index (χ0v) is 10.5. The number of hydrogen-bond acceptors (Lipinski definition) is 2. The van der Waals surface area contributed by atoms with E-state index in [0.717, 1.165) is 19.5 Å². The number of carbonyl (C=O) groups excluding carboxylic acids is 1. The number of rotatable bonds is 2. The van der Waals surface area contributed by atoms with Crippen LogP contribution >= 0.6 is 0 Å². The monoisotopic (exact) mass is 232 g/mol. The number of hydrogen-bond donors (Lipinski definition) is 1. The van der Waals surface area contributed by atoms with Crippen LogP contribution in [0.15, 0.2) is 30.3 Å². The molecule has 2 unspecified atom stereocenters. The number of piperidine rings is 1. The summed E-state index contributed by atoms with van der Waals surface area (Å²) in [6.45, 7) is 3.61. The molecule has 1 aliphatic rings. The third kappa shape index (κ3) is 3.30. The quantitative estimate of drug-likeness (QED) is 0.840. The van der Waals surface area contributed by atoms with Crippen molar-refractivity contribution in [3.05, 3.63) is 35.9 Å². The molecule has 0 aromatic heterocycles. The number of nitrogens with zero attached hydrogens (tertiary/aromatic N) is 1. The van der Waals surface area contributed by atoms with Crippen molar-refractivity contribution in [1.29, 1.82) is 0 Å². The Kier molecular flexibility index (Phi) is 3.79. The molecular weight excluding hydrogens is 212 g/mol. The molecule has 3 heteroatoms. The molecule has 1 fully saturated rings. The van der Waals surface area contributed by atoms with Crippen LogP contribution in [0, 0.1) is 0 Å². The molecule has 1 heterocycles. The highest BCUT2D eigenvalue weighted by Gasteiger charge is 2.26. The Balaban J connectivity index is 2.06. The molecule has 2 atom stereocenters. The van der Waals surface area contributed by atoms with E-state index in [1.807, 2.05) is 6.07 Å². The van der Waals surface area contributed by atoms with E-state index in [2.05, 4.69) is 41.5 Å². The molecule has 1 amide bonds. The van der Waals surface area contributed by atoms with Gasteiger partial charge in [-0.25, -0.2) is 0 Å². The molecule has 0 saturated carbocycles. The number of benzene rings is 1. The Morgan fingerprint density at radius 1 is 1.29 bits per heavy atom. The van der Waals surface area contributed by atoms with Crippen molar-refractivity contribution in [2.45, 2.75) is 25.3 Å². The third-order valence-electron chi connectivity index (χ3n) is 3.31. The van der Waals surface area contributed by atoms with Gasteiger partial charge in [0.05, 0.1) is 0 Å². The van der Waals surface area contributed by atoms with E-state index in [-0.39, 0.29) is 11.9 Å². The minimum Gasteiger partial charge on any atom is -0.352 e. The summed E-state index contributed by atoms with van der Waals surface area (Å²) >= 11 is 0. The van der Waals surface area contributed by atoms with Gasteiger partial charge in [-0.2, -0.15) is 0 Å². The highest BCUT2D eigenvalue weighted by Crippen LogP contribution is 2.26. The van der Waals surface area contributed by atoms with Crippen molar-refractivity contribution in [3.63, 3.8) is 0 Å². The van der Waals surface area contributed by atoms with Gasteiger partial charge >= 0.3 is 0 Å². The van der Waals surface area contributed by atoms with Gasteiger partial charge in [0.25, 0.3) is 0 Å². The van der Waals surface area contributed by atoms with Crippen LogP contribution in [0.3, 0.4) is 0 Å². The van der Waals surface area contributed by atoms with Crippen molar-refractivity contribution in [1.82, 2.24) is 10.2 Å². The first-order chi connectivity index (χ1) is 8.15. The van der Waals surface area contributed by atoms with E-state index >= 15 is 0 Å². The van der Waals surface area contributed by atoms with Crippen LogP contribution in [0.1, 0.15) is 24.8 Å². The van der Waals surface area contributed by atoms with Gasteiger partial charge in [0.1, 0.15) is 0 Å². The Labute approximate surface area is 103 Å². The Hall–Kier alpha value is -1.35. The summed E-state index contributed by atoms with van der Waals surface area (Å²) < 4.78 is 0. The fourth-order valence-electron chi connectivity index (χ4n) is 2.68. The van der Waals surface area contributed by atoms with Gasteiger partial charge in [0.15, 0.2) is 0 Å². The molecular formula is C14H20N2O. The van der Waals surface area contributed by atoms with Crippen molar-refractivity contribution < 1.29 is 4.79 Å². The van der Waals surface area contributed by atoms with Gasteiger partial charge in [-0.05, 0) is 24.9 Å². The summed E-state index contributed by atoms with van der Waals surface area (Å²) in [5.74, 6) is 0.587. The summed E-state index contributed by atoms with van der Waals surface area (Å²) in [5, 5.41) is 3.03. The molecule has 3 nitrogen and oxygen atoms in total. The van der Waals surface area contributed by atoms with E-state index in [1.54, 1.807) is 6.92 Å². The van der Waals surface area contributed by atoms with E-state index in [4.69, 9.17) is 0 Å². The summed E-state index contributed by atoms with van der Waals surface area (Å²) in [5.41, 5.74) is 1.37. The smallest absolute Gasteiger partial charge is 0.217 e. The Morgan fingerprint density at radius 2 is 2.00 bits per heavy atom. The minimum absolute atomic E-state index is 0.0668. The third-order valence-corrected chi connectivity index (χ3v) is 3.31. The Morgan fingerprint density at radius 3 is 2.65 bits per heavy atom. The second kappa shape index (κ2) is 5.32. The van der Waals surface area contributed by atoms with E-state index in [0.29, 0.717) is 5.92 Å². The molecule has 0 aliphatic carbocycles. The molecule has 2 rings (SSSR count). The normalized spacial score (nSPS) is 25.5. The lowest BCUT2D eigenvalue weighted by Crippen LogP contribution is -2.48. The van der Waals surface area contributed by atoms with Crippen LogP contribution in [0.5, 0.6) is 0 Å². The standard InChI is InChI=1S/C14H20N2O/c1-11(17)15-14-8-13(9-16(2)10-14)12-6-4-3-5-7-12/h3-7,13-14H,8-10H2,1-2H3,(H,15,17). The summed E-state index contributed by atoms with van der Waals surface area (Å²) in [6.07, 6.45) is 1.04. The van der Waals surface area contributed by atoms with Gasteiger partial charge in [-0.1, -0.05) is 30.3 Å². The molecule has 1 aromatic rings. The number of likely N-dealkylation sites (N-methyl/N-ethyl adjacent to an activating group) is 1. The average Bonchev–Trinajstić information content (AvgIpc) is 2.28. The number of carbonyl (C=O) groups is 1.